The smallest absolute Gasteiger partial charge is 0.381 e. The average molecular weight is 191 g/mol. The summed E-state index contributed by atoms with van der Waals surface area (Å²) in [7, 11) is 0. The normalized spacial score (nSPS) is 9.00. The number of carbonyl (C=O) groups excluding carboxylic acids is 1. The minimum atomic E-state index is -0.547. The van der Waals surface area contributed by atoms with E-state index < -0.39 is 4.88 Å². The number of nitrogens with zero attached hydrogens (tertiary/aromatic N) is 1. The van der Waals surface area contributed by atoms with E-state index in [2.05, 4.69) is 30.9 Å². The molecule has 4 nitrogen and oxygen atoms in total. The highest BCUT2D eigenvalue weighted by Gasteiger charge is 1.98. The van der Waals surface area contributed by atoms with Crippen LogP contribution < -0.4 is 4.74 Å². The minimum absolute atomic E-state index is 0.261. The molecule has 0 saturated carbocycles. The molecule has 0 atom stereocenters. The number of nitrogens with one attached hydrogen (secondary N) is 1. The Kier molecular flexibility index (Phi) is 1.84. The number of hydrogen-bond donors (Lipinski definition) is 1. The van der Waals surface area contributed by atoms with E-state index in [-0.39, 0.29) is 5.88 Å². The summed E-state index contributed by atoms with van der Waals surface area (Å²) in [5.74, 6) is 0.261. The van der Waals surface area contributed by atoms with Gasteiger partial charge in [0.05, 0.1) is 0 Å². The zero-order chi connectivity index (χ0) is 6.69. The molecule has 0 spiro atoms. The molecule has 0 unspecified atom stereocenters. The Labute approximate surface area is 59.3 Å². The van der Waals surface area contributed by atoms with Crippen molar-refractivity contribution in [3.05, 3.63) is 12.3 Å². The SMILES string of the molecule is O=C(Br)Oc1cc[nH]n1. The lowest BCUT2D eigenvalue weighted by Gasteiger charge is -1.88. The van der Waals surface area contributed by atoms with E-state index in [4.69, 9.17) is 0 Å². The maximum absolute atomic E-state index is 10.2. The van der Waals surface area contributed by atoms with Crippen molar-refractivity contribution in [1.29, 1.82) is 0 Å². The lowest BCUT2D eigenvalue weighted by atomic mass is 10.7. The van der Waals surface area contributed by atoms with Crippen LogP contribution in [0.1, 0.15) is 0 Å². The summed E-state index contributed by atoms with van der Waals surface area (Å²) in [6.07, 6.45) is 1.56. The number of aromatic nitrogens is 2. The fourth-order valence-electron chi connectivity index (χ4n) is 0.386. The van der Waals surface area contributed by atoms with Gasteiger partial charge in [0.15, 0.2) is 0 Å². The molecule has 0 radical (unpaired) electrons. The third-order valence-corrected chi connectivity index (χ3v) is 0.822. The molecule has 1 N–H and O–H groups in total. The third-order valence-electron chi connectivity index (χ3n) is 0.660. The summed E-state index contributed by atoms with van der Waals surface area (Å²) in [4.78, 5) is 9.60. The number of aromatic amines is 1. The Bertz CT molecular complexity index is 196. The highest BCUT2D eigenvalue weighted by molar-refractivity contribution is 9.18. The van der Waals surface area contributed by atoms with Crippen molar-refractivity contribution in [3.63, 3.8) is 0 Å². The topological polar surface area (TPSA) is 55.0 Å². The predicted octanol–water partition coefficient (Wildman–Crippen LogP) is 1.30. The molecule has 9 heavy (non-hydrogen) atoms. The van der Waals surface area contributed by atoms with Gasteiger partial charge in [-0.3, -0.25) is 5.10 Å². The van der Waals surface area contributed by atoms with E-state index >= 15 is 0 Å². The van der Waals surface area contributed by atoms with Crippen LogP contribution in [-0.2, 0) is 0 Å². The van der Waals surface area contributed by atoms with E-state index in [0.717, 1.165) is 0 Å². The first-order chi connectivity index (χ1) is 4.29. The van der Waals surface area contributed by atoms with E-state index in [1.54, 1.807) is 12.3 Å². The number of hydrogen-bond acceptors (Lipinski definition) is 3. The van der Waals surface area contributed by atoms with Crippen LogP contribution >= 0.6 is 15.9 Å². The number of halogens is 1. The molecule has 1 heterocycles. The molecule has 0 saturated heterocycles. The monoisotopic (exact) mass is 190 g/mol. The fraction of sp³-hybridized carbons (Fsp3) is 0. The Morgan fingerprint density at radius 2 is 2.67 bits per heavy atom. The Balaban J connectivity index is 2.58. The van der Waals surface area contributed by atoms with Crippen LogP contribution in [0.5, 0.6) is 5.88 Å². The summed E-state index contributed by atoms with van der Waals surface area (Å²) in [5, 5.41) is 6.05. The Hall–Kier alpha value is -0.840. The van der Waals surface area contributed by atoms with Crippen LogP contribution in [0.2, 0.25) is 0 Å². The first-order valence-corrected chi connectivity index (χ1v) is 2.95. The molecular formula is C4H3BrN2O2. The standard InChI is InChI=1S/C4H3BrN2O2/c5-4(8)9-3-1-2-6-7-3/h1-2H,(H,6,7). The molecule has 0 bridgehead atoms. The van der Waals surface area contributed by atoms with Crippen LogP contribution in [0.4, 0.5) is 4.79 Å². The van der Waals surface area contributed by atoms with Gasteiger partial charge < -0.3 is 4.74 Å². The minimum Gasteiger partial charge on any atom is -0.397 e. The molecule has 1 aromatic heterocycles. The van der Waals surface area contributed by atoms with Gasteiger partial charge in [0.25, 0.3) is 0 Å². The van der Waals surface area contributed by atoms with Gasteiger partial charge in [0, 0.05) is 28.2 Å². The van der Waals surface area contributed by atoms with Crippen LogP contribution in [0, 0.1) is 0 Å². The summed E-state index contributed by atoms with van der Waals surface area (Å²) < 4.78 is 4.49. The molecule has 0 fully saturated rings. The maximum Gasteiger partial charge on any atom is 0.381 e. The second kappa shape index (κ2) is 2.63. The van der Waals surface area contributed by atoms with Crippen molar-refractivity contribution in [3.8, 4) is 5.88 Å². The van der Waals surface area contributed by atoms with Gasteiger partial charge in [-0.2, -0.15) is 0 Å². The van der Waals surface area contributed by atoms with Crippen LogP contribution in [0.3, 0.4) is 0 Å². The van der Waals surface area contributed by atoms with Crippen LogP contribution in [0.25, 0.3) is 0 Å². The van der Waals surface area contributed by atoms with E-state index in [0.29, 0.717) is 0 Å². The second-order valence-corrected chi connectivity index (χ2v) is 1.90. The molecule has 1 rings (SSSR count). The van der Waals surface area contributed by atoms with Gasteiger partial charge in [-0.15, -0.1) is 5.10 Å². The summed E-state index contributed by atoms with van der Waals surface area (Å²) in [6.45, 7) is 0. The summed E-state index contributed by atoms with van der Waals surface area (Å²) in [5.41, 5.74) is 0. The summed E-state index contributed by atoms with van der Waals surface area (Å²) in [6, 6.07) is 1.54. The molecule has 5 heteroatoms. The molecule has 0 aliphatic carbocycles. The van der Waals surface area contributed by atoms with Crippen molar-refractivity contribution in [1.82, 2.24) is 10.2 Å². The number of rotatable bonds is 1. The van der Waals surface area contributed by atoms with Crippen molar-refractivity contribution in [2.45, 2.75) is 0 Å². The number of carbonyl (C=O) groups is 1. The molecule has 0 aliphatic heterocycles. The first-order valence-electron chi connectivity index (χ1n) is 2.16. The van der Waals surface area contributed by atoms with Gasteiger partial charge in [0.1, 0.15) is 0 Å². The number of ether oxygens (including phenoxy) is 1. The lowest BCUT2D eigenvalue weighted by Crippen LogP contribution is -1.94. The highest BCUT2D eigenvalue weighted by Crippen LogP contribution is 2.04. The summed E-state index contributed by atoms with van der Waals surface area (Å²) >= 11 is 2.58. The van der Waals surface area contributed by atoms with Gasteiger partial charge in [-0.25, -0.2) is 4.79 Å². The van der Waals surface area contributed by atoms with Crippen molar-refractivity contribution in [2.24, 2.45) is 0 Å². The molecule has 0 aliphatic rings. The zero-order valence-electron chi connectivity index (χ0n) is 4.30. The third kappa shape index (κ3) is 1.85. The van der Waals surface area contributed by atoms with Crippen molar-refractivity contribution in [2.75, 3.05) is 0 Å². The van der Waals surface area contributed by atoms with Crippen molar-refractivity contribution < 1.29 is 9.53 Å². The van der Waals surface area contributed by atoms with Crippen molar-refractivity contribution >= 4 is 20.8 Å². The Morgan fingerprint density at radius 1 is 1.89 bits per heavy atom. The average Bonchev–Trinajstić information content (AvgIpc) is 2.15. The molecule has 0 aromatic carbocycles. The van der Waals surface area contributed by atoms with Crippen LogP contribution in [0.15, 0.2) is 12.3 Å². The van der Waals surface area contributed by atoms with E-state index in [1.165, 1.54) is 0 Å². The molecule has 0 amide bonds. The largest absolute Gasteiger partial charge is 0.397 e. The van der Waals surface area contributed by atoms with Gasteiger partial charge in [-0.1, -0.05) is 0 Å². The number of H-pyrrole nitrogens is 1. The molecule has 1 aromatic rings. The van der Waals surface area contributed by atoms with Crippen LogP contribution in [-0.4, -0.2) is 15.1 Å². The zero-order valence-corrected chi connectivity index (χ0v) is 5.88. The van der Waals surface area contributed by atoms with Gasteiger partial charge in [-0.05, 0) is 0 Å². The Morgan fingerprint density at radius 3 is 3.11 bits per heavy atom. The lowest BCUT2D eigenvalue weighted by molar-refractivity contribution is 0.226. The highest BCUT2D eigenvalue weighted by atomic mass is 79.9. The predicted molar refractivity (Wildman–Crippen MR) is 33.5 cm³/mol. The quantitative estimate of drug-likeness (QED) is 0.680. The second-order valence-electron chi connectivity index (χ2n) is 1.25. The van der Waals surface area contributed by atoms with E-state index in [1.807, 2.05) is 0 Å². The molecule has 48 valence electrons. The van der Waals surface area contributed by atoms with Gasteiger partial charge in [0.2, 0.25) is 5.88 Å². The fourth-order valence-corrected chi connectivity index (χ4v) is 0.552. The van der Waals surface area contributed by atoms with E-state index in [9.17, 15) is 4.79 Å². The maximum atomic E-state index is 10.2. The molecular weight excluding hydrogens is 188 g/mol. The first kappa shape index (κ1) is 6.28. The van der Waals surface area contributed by atoms with Gasteiger partial charge >= 0.3 is 4.88 Å².